The third-order valence-corrected chi connectivity index (χ3v) is 13.5. The van der Waals surface area contributed by atoms with Gasteiger partial charge in [-0.25, -0.2) is 0 Å². The summed E-state index contributed by atoms with van der Waals surface area (Å²) in [5.74, 6) is 0. The van der Waals surface area contributed by atoms with E-state index in [0.29, 0.717) is 0 Å². The van der Waals surface area contributed by atoms with Crippen molar-refractivity contribution in [1.29, 1.82) is 0 Å². The van der Waals surface area contributed by atoms with Crippen LogP contribution in [0.15, 0.2) is 12.1 Å². The molecule has 46 heavy (non-hydrogen) atoms. The molecule has 4 heterocycles. The van der Waals surface area contributed by atoms with Gasteiger partial charge in [-0.15, -0.1) is 0 Å². The molecule has 4 aliphatic heterocycles. The number of likely N-dealkylation sites (tertiary alicyclic amines) is 4. The van der Waals surface area contributed by atoms with Crippen LogP contribution < -0.4 is 0 Å². The highest BCUT2D eigenvalue weighted by atomic mass is 15.4. The summed E-state index contributed by atoms with van der Waals surface area (Å²) in [6.07, 6.45) is 22.4. The van der Waals surface area contributed by atoms with Crippen molar-refractivity contribution in [2.45, 2.75) is 157 Å². The van der Waals surface area contributed by atoms with Gasteiger partial charge in [-0.3, -0.25) is 0 Å². The minimum Gasteiger partial charge on any atom is -0.320 e. The van der Waals surface area contributed by atoms with Crippen molar-refractivity contribution < 1.29 is 17.9 Å². The van der Waals surface area contributed by atoms with Crippen molar-refractivity contribution in [3.63, 3.8) is 0 Å². The minimum absolute atomic E-state index is 1.31. The summed E-state index contributed by atoms with van der Waals surface area (Å²) in [7, 11) is 0. The molecule has 262 valence electrons. The monoisotopic (exact) mass is 639 g/mol. The summed E-state index contributed by atoms with van der Waals surface area (Å²) in [5.41, 5.74) is 7.14. The number of nitrogens with zero attached hydrogens (tertiary/aromatic N) is 4. The van der Waals surface area contributed by atoms with Crippen LogP contribution in [0, 0.1) is 0 Å². The Morgan fingerprint density at radius 2 is 0.543 bits per heavy atom. The van der Waals surface area contributed by atoms with E-state index >= 15 is 0 Å². The Hall–Kier alpha value is -0.940. The third-order valence-electron chi connectivity index (χ3n) is 13.5. The third kappa shape index (κ3) is 9.19. The first kappa shape index (κ1) is 36.3. The average Bonchev–Trinajstić information content (AvgIpc) is 3.89. The Morgan fingerprint density at radius 1 is 0.348 bits per heavy atom. The highest BCUT2D eigenvalue weighted by Crippen LogP contribution is 2.36. The van der Waals surface area contributed by atoms with E-state index < -0.39 is 0 Å². The summed E-state index contributed by atoms with van der Waals surface area (Å²) in [6, 6.07) is 5.80. The highest BCUT2D eigenvalue weighted by molar-refractivity contribution is 5.38. The SMILES string of the molecule is CCCC[N+]1(Cc2cc(C[N+]3(CCCC)CCCC3)c(C[N+]3(CCCC)CCCC3)cc2C[N+]2(CCCC)CCCC2)CCCC1. The number of hydrogen-bond acceptors (Lipinski definition) is 0. The molecule has 0 N–H and O–H groups in total. The second kappa shape index (κ2) is 17.1. The van der Waals surface area contributed by atoms with Gasteiger partial charge in [0.25, 0.3) is 0 Å². The van der Waals surface area contributed by atoms with Gasteiger partial charge in [-0.1, -0.05) is 53.4 Å². The Labute approximate surface area is 286 Å². The maximum atomic E-state index is 2.90. The van der Waals surface area contributed by atoms with Gasteiger partial charge >= 0.3 is 0 Å². The van der Waals surface area contributed by atoms with Crippen LogP contribution in [0.2, 0.25) is 0 Å². The molecule has 0 atom stereocenters. The van der Waals surface area contributed by atoms with Gasteiger partial charge in [0.1, 0.15) is 26.2 Å². The average molecular weight is 639 g/mol. The summed E-state index contributed by atoms with van der Waals surface area (Å²) in [6.45, 7) is 31.8. The van der Waals surface area contributed by atoms with E-state index in [9.17, 15) is 0 Å². The molecule has 0 saturated carbocycles. The highest BCUT2D eigenvalue weighted by Gasteiger charge is 2.39. The predicted octanol–water partition coefficient (Wildman–Crippen LogP) is 9.33. The standard InChI is InChI=1S/C42H78N4/c1-5-9-21-43(25-13-14-26-43)35-39-33-41(37-45(23-11-7-3)29-17-18-30-45)42(38-46(24-12-8-4)31-19-20-32-46)34-40(39)36-44(22-10-6-2)27-15-16-28-44/h33-34H,5-32,35-38H2,1-4H3/q+4. The lowest BCUT2D eigenvalue weighted by molar-refractivity contribution is -0.934. The van der Waals surface area contributed by atoms with Crippen LogP contribution in [-0.2, 0) is 26.2 Å². The van der Waals surface area contributed by atoms with Gasteiger partial charge in [0.2, 0.25) is 0 Å². The van der Waals surface area contributed by atoms with Crippen LogP contribution in [0.3, 0.4) is 0 Å². The Morgan fingerprint density at radius 3 is 0.717 bits per heavy atom. The molecule has 5 rings (SSSR count). The van der Waals surface area contributed by atoms with Crippen molar-refractivity contribution in [3.05, 3.63) is 34.4 Å². The number of rotatable bonds is 20. The van der Waals surface area contributed by atoms with E-state index in [1.807, 2.05) is 0 Å². The molecule has 4 heteroatoms. The lowest BCUT2D eigenvalue weighted by Gasteiger charge is -2.40. The van der Waals surface area contributed by atoms with Crippen molar-refractivity contribution in [3.8, 4) is 0 Å². The van der Waals surface area contributed by atoms with Gasteiger partial charge in [0, 0.05) is 73.6 Å². The van der Waals surface area contributed by atoms with Crippen LogP contribution in [0.25, 0.3) is 0 Å². The Bertz CT molecular complexity index is 876. The zero-order chi connectivity index (χ0) is 32.4. The molecule has 4 aliphatic rings. The van der Waals surface area contributed by atoms with E-state index in [0.717, 1.165) is 0 Å². The number of quaternary nitrogens is 4. The molecular formula is C42H78N4+4. The molecule has 0 aromatic heterocycles. The van der Waals surface area contributed by atoms with Crippen LogP contribution in [0.1, 0.15) is 153 Å². The second-order valence-electron chi connectivity index (χ2n) is 17.3. The normalized spacial score (nSPS) is 23.0. The van der Waals surface area contributed by atoms with Crippen LogP contribution in [0.5, 0.6) is 0 Å². The smallest absolute Gasteiger partial charge is 0.105 e. The van der Waals surface area contributed by atoms with E-state index in [1.54, 1.807) is 22.3 Å². The predicted molar refractivity (Wildman–Crippen MR) is 197 cm³/mol. The summed E-state index contributed by atoms with van der Waals surface area (Å²) in [4.78, 5) is 0. The molecule has 0 amide bonds. The largest absolute Gasteiger partial charge is 0.320 e. The van der Waals surface area contributed by atoms with Crippen molar-refractivity contribution in [2.75, 3.05) is 78.5 Å². The summed E-state index contributed by atoms with van der Waals surface area (Å²) in [5, 5.41) is 0. The summed E-state index contributed by atoms with van der Waals surface area (Å²) < 4.78 is 5.50. The van der Waals surface area contributed by atoms with Crippen molar-refractivity contribution >= 4 is 0 Å². The Kier molecular flexibility index (Phi) is 13.5. The Balaban J connectivity index is 1.59. The fourth-order valence-electron chi connectivity index (χ4n) is 10.7. The molecule has 4 fully saturated rings. The zero-order valence-electron chi connectivity index (χ0n) is 31.6. The number of benzene rings is 1. The van der Waals surface area contributed by atoms with Gasteiger partial charge in [0.15, 0.2) is 0 Å². The van der Waals surface area contributed by atoms with Gasteiger partial charge in [0.05, 0.1) is 78.5 Å². The first-order valence-electron chi connectivity index (χ1n) is 21.0. The van der Waals surface area contributed by atoms with Crippen molar-refractivity contribution in [1.82, 2.24) is 0 Å². The first-order chi connectivity index (χ1) is 22.4. The molecule has 4 saturated heterocycles. The topological polar surface area (TPSA) is 0 Å². The van der Waals surface area contributed by atoms with Gasteiger partial charge in [-0.2, -0.15) is 0 Å². The molecule has 1 aromatic carbocycles. The molecule has 0 unspecified atom stereocenters. The van der Waals surface area contributed by atoms with Crippen LogP contribution in [0.4, 0.5) is 0 Å². The second-order valence-corrected chi connectivity index (χ2v) is 17.3. The molecule has 1 aromatic rings. The quantitative estimate of drug-likeness (QED) is 0.125. The lowest BCUT2D eigenvalue weighted by atomic mass is 9.94. The molecule has 0 bridgehead atoms. The maximum Gasteiger partial charge on any atom is 0.105 e. The number of hydrogen-bond donors (Lipinski definition) is 0. The molecule has 0 spiro atoms. The van der Waals surface area contributed by atoms with E-state index in [1.165, 1.54) is 225 Å². The van der Waals surface area contributed by atoms with E-state index in [2.05, 4.69) is 39.8 Å². The van der Waals surface area contributed by atoms with Gasteiger partial charge < -0.3 is 17.9 Å². The van der Waals surface area contributed by atoms with E-state index in [-0.39, 0.29) is 0 Å². The molecular weight excluding hydrogens is 560 g/mol. The maximum absolute atomic E-state index is 2.90. The zero-order valence-corrected chi connectivity index (χ0v) is 31.6. The first-order valence-corrected chi connectivity index (χ1v) is 21.0. The summed E-state index contributed by atoms with van der Waals surface area (Å²) >= 11 is 0. The number of unbranched alkanes of at least 4 members (excludes halogenated alkanes) is 4. The molecule has 0 radical (unpaired) electrons. The van der Waals surface area contributed by atoms with Crippen LogP contribution >= 0.6 is 0 Å². The van der Waals surface area contributed by atoms with Crippen LogP contribution in [-0.4, -0.2) is 96.5 Å². The van der Waals surface area contributed by atoms with Crippen molar-refractivity contribution in [2.24, 2.45) is 0 Å². The molecule has 4 nitrogen and oxygen atoms in total. The fourth-order valence-corrected chi connectivity index (χ4v) is 10.7. The van der Waals surface area contributed by atoms with E-state index in [4.69, 9.17) is 0 Å². The fraction of sp³-hybridized carbons (Fsp3) is 0.857. The lowest BCUT2D eigenvalue weighted by Crippen LogP contribution is -2.48. The molecule has 0 aliphatic carbocycles. The van der Waals surface area contributed by atoms with Gasteiger partial charge in [-0.05, 0) is 37.8 Å². The minimum atomic E-state index is 1.31.